The van der Waals surface area contributed by atoms with E-state index in [1.807, 2.05) is 4.57 Å². The van der Waals surface area contributed by atoms with E-state index >= 15 is 0 Å². The van der Waals surface area contributed by atoms with Crippen molar-refractivity contribution in [3.63, 3.8) is 0 Å². The molecular weight excluding hydrogens is 242 g/mol. The summed E-state index contributed by atoms with van der Waals surface area (Å²) >= 11 is 7.86. The van der Waals surface area contributed by atoms with Crippen LogP contribution in [0.1, 0.15) is 35.5 Å². The molecule has 0 saturated heterocycles. The lowest BCUT2D eigenvalue weighted by atomic mass is 10.2. The first-order chi connectivity index (χ1) is 7.63. The van der Waals surface area contributed by atoms with Crippen LogP contribution in [0, 0.1) is 6.92 Å². The van der Waals surface area contributed by atoms with Gasteiger partial charge in [-0.3, -0.25) is 4.57 Å². The Kier molecular flexibility index (Phi) is 3.30. The topological polar surface area (TPSA) is 30.7 Å². The Hall–Kier alpha value is -0.870. The second kappa shape index (κ2) is 4.55. The number of hydrogen-bond acceptors (Lipinski definition) is 3. The van der Waals surface area contributed by atoms with Gasteiger partial charge < -0.3 is 0 Å². The molecule has 86 valence electrons. The quantitative estimate of drug-likeness (QED) is 0.841. The van der Waals surface area contributed by atoms with Crippen LogP contribution in [-0.2, 0) is 6.42 Å². The molecule has 1 unspecified atom stereocenters. The molecule has 0 radical (unpaired) electrons. The van der Waals surface area contributed by atoms with Gasteiger partial charge >= 0.3 is 0 Å². The van der Waals surface area contributed by atoms with Crippen LogP contribution in [0.2, 0.25) is 5.28 Å². The summed E-state index contributed by atoms with van der Waals surface area (Å²) < 4.78 is 1.99. The van der Waals surface area contributed by atoms with Gasteiger partial charge in [-0.1, -0.05) is 6.92 Å². The van der Waals surface area contributed by atoms with E-state index in [1.165, 1.54) is 9.75 Å². The largest absolute Gasteiger partial charge is 0.294 e. The van der Waals surface area contributed by atoms with Gasteiger partial charge in [0.15, 0.2) is 0 Å². The number of rotatable bonds is 3. The van der Waals surface area contributed by atoms with Crippen molar-refractivity contribution < 1.29 is 0 Å². The summed E-state index contributed by atoms with van der Waals surface area (Å²) in [6, 6.07) is 4.47. The summed E-state index contributed by atoms with van der Waals surface area (Å²) in [6.07, 6.45) is 0.842. The van der Waals surface area contributed by atoms with E-state index in [1.54, 1.807) is 11.3 Å². The van der Waals surface area contributed by atoms with Gasteiger partial charge in [-0.15, -0.1) is 21.5 Å². The number of halogens is 1. The Morgan fingerprint density at radius 3 is 2.75 bits per heavy atom. The summed E-state index contributed by atoms with van der Waals surface area (Å²) in [7, 11) is 0. The molecule has 16 heavy (non-hydrogen) atoms. The molecule has 2 aromatic heterocycles. The molecule has 0 aliphatic rings. The zero-order chi connectivity index (χ0) is 11.7. The maximum Gasteiger partial charge on any atom is 0.225 e. The molecule has 3 nitrogen and oxygen atoms in total. The first-order valence-corrected chi connectivity index (χ1v) is 6.48. The smallest absolute Gasteiger partial charge is 0.225 e. The second-order valence-corrected chi connectivity index (χ2v) is 5.39. The Morgan fingerprint density at radius 1 is 1.44 bits per heavy atom. The lowest BCUT2D eigenvalue weighted by Gasteiger charge is -2.14. The van der Waals surface area contributed by atoms with E-state index in [0.29, 0.717) is 5.28 Å². The highest BCUT2D eigenvalue weighted by Crippen LogP contribution is 2.28. The Morgan fingerprint density at radius 2 is 2.19 bits per heavy atom. The third-order valence-corrected chi connectivity index (χ3v) is 4.03. The lowest BCUT2D eigenvalue weighted by molar-refractivity contribution is 0.615. The molecule has 0 aliphatic heterocycles. The molecule has 0 aliphatic carbocycles. The maximum atomic E-state index is 6.07. The first-order valence-electron chi connectivity index (χ1n) is 5.29. The summed E-state index contributed by atoms with van der Waals surface area (Å²) in [6.45, 7) is 6.29. The van der Waals surface area contributed by atoms with Gasteiger partial charge in [-0.05, 0) is 37.6 Å². The minimum Gasteiger partial charge on any atom is -0.294 e. The fraction of sp³-hybridized carbons (Fsp3) is 0.455. The molecule has 0 amide bonds. The van der Waals surface area contributed by atoms with Crippen molar-refractivity contribution in [3.05, 3.63) is 33.0 Å². The number of hydrogen-bond donors (Lipinski definition) is 0. The van der Waals surface area contributed by atoms with Gasteiger partial charge in [0.1, 0.15) is 5.82 Å². The summed E-state index contributed by atoms with van der Waals surface area (Å²) in [5.74, 6) is 0.934. The van der Waals surface area contributed by atoms with Gasteiger partial charge in [0.2, 0.25) is 5.28 Å². The Labute approximate surface area is 104 Å². The van der Waals surface area contributed by atoms with Crippen LogP contribution >= 0.6 is 22.9 Å². The monoisotopic (exact) mass is 255 g/mol. The molecule has 2 rings (SSSR count). The molecule has 0 saturated carbocycles. The minimum absolute atomic E-state index is 0.205. The van der Waals surface area contributed by atoms with E-state index in [9.17, 15) is 0 Å². The van der Waals surface area contributed by atoms with Crippen LogP contribution in [0.3, 0.4) is 0 Å². The van der Waals surface area contributed by atoms with Gasteiger partial charge in [0.05, 0.1) is 6.04 Å². The summed E-state index contributed by atoms with van der Waals surface area (Å²) in [4.78, 5) is 2.60. The van der Waals surface area contributed by atoms with Crippen molar-refractivity contribution in [2.75, 3.05) is 0 Å². The van der Waals surface area contributed by atoms with Crippen LogP contribution in [0.15, 0.2) is 12.1 Å². The van der Waals surface area contributed by atoms with Crippen molar-refractivity contribution in [3.8, 4) is 0 Å². The fourth-order valence-corrected chi connectivity index (χ4v) is 2.93. The van der Waals surface area contributed by atoms with E-state index < -0.39 is 0 Å². The third-order valence-electron chi connectivity index (χ3n) is 2.60. The molecule has 1 atom stereocenters. The molecule has 5 heteroatoms. The number of aromatic nitrogens is 3. The highest BCUT2D eigenvalue weighted by Gasteiger charge is 2.17. The molecule has 2 aromatic rings. The molecule has 0 spiro atoms. The summed E-state index contributed by atoms with van der Waals surface area (Å²) in [5, 5.41) is 8.47. The van der Waals surface area contributed by atoms with Crippen LogP contribution in [-0.4, -0.2) is 14.8 Å². The number of aryl methyl sites for hydroxylation is 2. The normalized spacial score (nSPS) is 13.0. The Balaban J connectivity index is 2.40. The van der Waals surface area contributed by atoms with Crippen molar-refractivity contribution in [2.24, 2.45) is 0 Å². The van der Waals surface area contributed by atoms with Gasteiger partial charge in [-0.2, -0.15) is 0 Å². The zero-order valence-corrected chi connectivity index (χ0v) is 11.1. The van der Waals surface area contributed by atoms with E-state index in [-0.39, 0.29) is 6.04 Å². The first kappa shape index (κ1) is 11.6. The van der Waals surface area contributed by atoms with E-state index in [4.69, 9.17) is 11.6 Å². The average Bonchev–Trinajstić information content (AvgIpc) is 2.83. The molecule has 0 N–H and O–H groups in total. The van der Waals surface area contributed by atoms with Crippen molar-refractivity contribution in [2.45, 2.75) is 33.2 Å². The predicted molar refractivity (Wildman–Crippen MR) is 67.3 cm³/mol. The molecule has 0 bridgehead atoms. The average molecular weight is 256 g/mol. The maximum absolute atomic E-state index is 6.07. The lowest BCUT2D eigenvalue weighted by Crippen LogP contribution is -2.09. The summed E-state index contributed by atoms with van der Waals surface area (Å²) in [5.41, 5.74) is 0. The van der Waals surface area contributed by atoms with Crippen molar-refractivity contribution in [1.82, 2.24) is 14.8 Å². The van der Waals surface area contributed by atoms with Gasteiger partial charge in [-0.25, -0.2) is 0 Å². The van der Waals surface area contributed by atoms with Crippen LogP contribution < -0.4 is 0 Å². The van der Waals surface area contributed by atoms with Crippen molar-refractivity contribution >= 4 is 22.9 Å². The standard InChI is InChI=1S/C11H14ClN3S/c1-4-10-13-14-11(12)15(10)8(3)9-6-5-7(2)16-9/h5-6,8H,4H2,1-3H3. The molecule has 2 heterocycles. The highest BCUT2D eigenvalue weighted by molar-refractivity contribution is 7.12. The highest BCUT2D eigenvalue weighted by atomic mass is 35.5. The molecular formula is C11H14ClN3S. The van der Waals surface area contributed by atoms with Crippen LogP contribution in [0.25, 0.3) is 0 Å². The Bertz CT molecular complexity index is 489. The number of nitrogens with zero attached hydrogens (tertiary/aromatic N) is 3. The van der Waals surface area contributed by atoms with Crippen LogP contribution in [0.5, 0.6) is 0 Å². The van der Waals surface area contributed by atoms with E-state index in [0.717, 1.165) is 12.2 Å². The van der Waals surface area contributed by atoms with E-state index in [2.05, 4.69) is 43.1 Å². The second-order valence-electron chi connectivity index (χ2n) is 3.73. The van der Waals surface area contributed by atoms with Gasteiger partial charge in [0.25, 0.3) is 0 Å². The SMILES string of the molecule is CCc1nnc(Cl)n1C(C)c1ccc(C)s1. The number of thiophene rings is 1. The fourth-order valence-electron chi connectivity index (χ4n) is 1.73. The van der Waals surface area contributed by atoms with Gasteiger partial charge in [0, 0.05) is 16.2 Å². The van der Waals surface area contributed by atoms with Crippen LogP contribution in [0.4, 0.5) is 0 Å². The zero-order valence-electron chi connectivity index (χ0n) is 9.57. The molecule has 0 fully saturated rings. The van der Waals surface area contributed by atoms with Crippen molar-refractivity contribution in [1.29, 1.82) is 0 Å². The predicted octanol–water partition coefficient (Wildman–Crippen LogP) is 3.47. The third kappa shape index (κ3) is 1.99. The molecule has 0 aromatic carbocycles. The minimum atomic E-state index is 0.205.